The van der Waals surface area contributed by atoms with Crippen molar-refractivity contribution in [1.82, 2.24) is 15.3 Å². The molecule has 2 heterocycles. The zero-order valence-electron chi connectivity index (χ0n) is 15.9. The van der Waals surface area contributed by atoms with Crippen LogP contribution in [-0.2, 0) is 11.2 Å². The molecule has 0 aliphatic carbocycles. The zero-order chi connectivity index (χ0) is 19.9. The van der Waals surface area contributed by atoms with Crippen LogP contribution in [0.4, 0.5) is 0 Å². The number of hydrogen-bond acceptors (Lipinski definition) is 4. The molecule has 0 spiro atoms. The van der Waals surface area contributed by atoms with Crippen LogP contribution in [0, 0.1) is 0 Å². The normalized spacial score (nSPS) is 11.1. The molecule has 0 fully saturated rings. The van der Waals surface area contributed by atoms with Gasteiger partial charge in [0.1, 0.15) is 11.5 Å². The highest BCUT2D eigenvalue weighted by molar-refractivity contribution is 6.00. The van der Waals surface area contributed by atoms with E-state index in [2.05, 4.69) is 32.0 Å². The van der Waals surface area contributed by atoms with Crippen LogP contribution in [0.25, 0.3) is 10.8 Å². The third-order valence-electron chi connectivity index (χ3n) is 4.06. The average molecular weight is 371 g/mol. The lowest BCUT2D eigenvalue weighted by atomic mass is 10.1. The number of allylic oxidation sites excluding steroid dienone is 1. The van der Waals surface area contributed by atoms with E-state index in [1.165, 1.54) is 0 Å². The van der Waals surface area contributed by atoms with Crippen molar-refractivity contribution in [1.29, 1.82) is 0 Å². The fourth-order valence-electron chi connectivity index (χ4n) is 2.64. The lowest BCUT2D eigenvalue weighted by Gasteiger charge is -2.10. The Bertz CT molecular complexity index is 1070. The minimum atomic E-state index is -0.155. The molecule has 3 aromatic rings. The van der Waals surface area contributed by atoms with Crippen molar-refractivity contribution in [3.8, 4) is 0 Å². The van der Waals surface area contributed by atoms with E-state index in [1.54, 1.807) is 24.7 Å². The van der Waals surface area contributed by atoms with Crippen molar-refractivity contribution in [2.75, 3.05) is 0 Å². The fourth-order valence-corrected chi connectivity index (χ4v) is 2.64. The number of amidine groups is 1. The number of nitrogens with zero attached hydrogens (tertiary/aromatic N) is 4. The fraction of sp³-hybridized carbons (Fsp3) is 0.136. The number of aliphatic imine (C=N–C) groups is 2. The molecule has 0 aliphatic heterocycles. The number of nitrogens with one attached hydrogen (secondary N) is 1. The van der Waals surface area contributed by atoms with Crippen LogP contribution in [0.2, 0.25) is 0 Å². The molecule has 0 unspecified atom stereocenters. The number of carbonyl (C=O) groups is 1. The number of pyridine rings is 2. The molecule has 28 heavy (non-hydrogen) atoms. The summed E-state index contributed by atoms with van der Waals surface area (Å²) in [6.45, 7) is 7.32. The van der Waals surface area contributed by atoms with Gasteiger partial charge in [0.15, 0.2) is 5.84 Å². The van der Waals surface area contributed by atoms with Crippen LogP contribution in [0.1, 0.15) is 25.1 Å². The highest BCUT2D eigenvalue weighted by Gasteiger charge is 2.10. The maximum atomic E-state index is 12.6. The SMILES string of the molecule is C=NC(=NC(NC(=O)Cc1ccc2cnccc2c1)=C(C)C)c1ccccn1. The molecule has 0 atom stereocenters. The van der Waals surface area contributed by atoms with Crippen LogP contribution in [-0.4, -0.2) is 28.4 Å². The lowest BCUT2D eigenvalue weighted by molar-refractivity contribution is -0.119. The average Bonchev–Trinajstić information content (AvgIpc) is 2.71. The van der Waals surface area contributed by atoms with E-state index in [9.17, 15) is 4.79 Å². The number of aromatic nitrogens is 2. The smallest absolute Gasteiger partial charge is 0.229 e. The van der Waals surface area contributed by atoms with E-state index in [0.717, 1.165) is 21.9 Å². The molecule has 0 aliphatic rings. The number of rotatable bonds is 5. The Morgan fingerprint density at radius 3 is 2.68 bits per heavy atom. The molecule has 6 nitrogen and oxygen atoms in total. The van der Waals surface area contributed by atoms with Crippen LogP contribution < -0.4 is 5.32 Å². The Kier molecular flexibility index (Phi) is 6.01. The van der Waals surface area contributed by atoms with E-state index in [1.807, 2.05) is 50.2 Å². The highest BCUT2D eigenvalue weighted by Crippen LogP contribution is 2.15. The Balaban J connectivity index is 1.78. The van der Waals surface area contributed by atoms with Crippen molar-refractivity contribution in [3.63, 3.8) is 0 Å². The van der Waals surface area contributed by atoms with E-state index in [0.29, 0.717) is 17.4 Å². The first-order chi connectivity index (χ1) is 13.6. The molecular weight excluding hydrogens is 350 g/mol. The number of amides is 1. The van der Waals surface area contributed by atoms with Gasteiger partial charge in [0.2, 0.25) is 5.91 Å². The maximum Gasteiger partial charge on any atom is 0.229 e. The molecule has 1 amide bonds. The third kappa shape index (κ3) is 4.73. The second-order valence-corrected chi connectivity index (χ2v) is 6.44. The minimum Gasteiger partial charge on any atom is -0.310 e. The largest absolute Gasteiger partial charge is 0.310 e. The summed E-state index contributed by atoms with van der Waals surface area (Å²) < 4.78 is 0. The molecule has 0 radical (unpaired) electrons. The Morgan fingerprint density at radius 1 is 1.11 bits per heavy atom. The van der Waals surface area contributed by atoms with Gasteiger partial charge in [-0.05, 0) is 55.3 Å². The Morgan fingerprint density at radius 2 is 1.96 bits per heavy atom. The first-order valence-electron chi connectivity index (χ1n) is 8.83. The number of fused-ring (bicyclic) bond motifs is 1. The summed E-state index contributed by atoms with van der Waals surface area (Å²) in [5.74, 6) is 0.649. The molecule has 2 aromatic heterocycles. The lowest BCUT2D eigenvalue weighted by Crippen LogP contribution is -2.25. The molecule has 0 saturated heterocycles. The van der Waals surface area contributed by atoms with E-state index < -0.39 is 0 Å². The topological polar surface area (TPSA) is 79.6 Å². The Hall–Kier alpha value is -3.67. The molecule has 1 aromatic carbocycles. The van der Waals surface area contributed by atoms with E-state index in [4.69, 9.17) is 0 Å². The summed E-state index contributed by atoms with van der Waals surface area (Å²) in [4.78, 5) is 29.3. The summed E-state index contributed by atoms with van der Waals surface area (Å²) in [6, 6.07) is 13.3. The van der Waals surface area contributed by atoms with Gasteiger partial charge >= 0.3 is 0 Å². The van der Waals surface area contributed by atoms with Gasteiger partial charge in [-0.15, -0.1) is 0 Å². The van der Waals surface area contributed by atoms with Crippen LogP contribution >= 0.6 is 0 Å². The van der Waals surface area contributed by atoms with Crippen molar-refractivity contribution in [3.05, 3.63) is 83.7 Å². The summed E-state index contributed by atoms with van der Waals surface area (Å²) in [5.41, 5.74) is 2.36. The van der Waals surface area contributed by atoms with Crippen LogP contribution in [0.5, 0.6) is 0 Å². The van der Waals surface area contributed by atoms with Crippen LogP contribution in [0.3, 0.4) is 0 Å². The monoisotopic (exact) mass is 371 g/mol. The Labute approximate surface area is 163 Å². The van der Waals surface area contributed by atoms with Crippen LogP contribution in [0.15, 0.2) is 82.4 Å². The van der Waals surface area contributed by atoms with Crippen molar-refractivity contribution in [2.24, 2.45) is 9.98 Å². The molecule has 1 N–H and O–H groups in total. The standard InChI is InChI=1S/C22H21N5O/c1-15(2)21(27-22(23-3)19-6-4-5-10-25-19)26-20(28)13-16-7-8-18-14-24-11-9-17(18)12-16/h4-12,14H,3,13H2,1-2H3,(H,26,28). The molecular formula is C22H21N5O. The van der Waals surface area contributed by atoms with Crippen molar-refractivity contribution < 1.29 is 4.79 Å². The molecule has 6 heteroatoms. The number of hydrogen-bond donors (Lipinski definition) is 1. The van der Waals surface area contributed by atoms with Gasteiger partial charge in [-0.25, -0.2) is 9.98 Å². The molecule has 0 bridgehead atoms. The van der Waals surface area contributed by atoms with Gasteiger partial charge in [0.05, 0.1) is 6.42 Å². The van der Waals surface area contributed by atoms with Gasteiger partial charge in [-0.1, -0.05) is 24.3 Å². The first-order valence-corrected chi connectivity index (χ1v) is 8.83. The third-order valence-corrected chi connectivity index (χ3v) is 4.06. The van der Waals surface area contributed by atoms with Gasteiger partial charge in [0.25, 0.3) is 0 Å². The molecule has 140 valence electrons. The van der Waals surface area contributed by atoms with Gasteiger partial charge in [-0.2, -0.15) is 0 Å². The highest BCUT2D eigenvalue weighted by atomic mass is 16.1. The molecule has 0 saturated carbocycles. The van der Waals surface area contributed by atoms with E-state index >= 15 is 0 Å². The predicted octanol–water partition coefficient (Wildman–Crippen LogP) is 3.69. The quantitative estimate of drug-likeness (QED) is 0.549. The second-order valence-electron chi connectivity index (χ2n) is 6.44. The van der Waals surface area contributed by atoms with Gasteiger partial charge < -0.3 is 5.32 Å². The van der Waals surface area contributed by atoms with Gasteiger partial charge in [-0.3, -0.25) is 14.8 Å². The summed E-state index contributed by atoms with van der Waals surface area (Å²) in [5, 5.41) is 4.96. The maximum absolute atomic E-state index is 12.6. The summed E-state index contributed by atoms with van der Waals surface area (Å²) in [6.07, 6.45) is 5.44. The second kappa shape index (κ2) is 8.81. The summed E-state index contributed by atoms with van der Waals surface area (Å²) >= 11 is 0. The minimum absolute atomic E-state index is 0.155. The van der Waals surface area contributed by atoms with Gasteiger partial charge in [0, 0.05) is 24.0 Å². The first kappa shape index (κ1) is 19.1. The number of carbonyl (C=O) groups excluding carboxylic acids is 1. The predicted molar refractivity (Wildman–Crippen MR) is 112 cm³/mol. The van der Waals surface area contributed by atoms with E-state index in [-0.39, 0.29) is 12.3 Å². The zero-order valence-corrected chi connectivity index (χ0v) is 15.9. The molecule has 3 rings (SSSR count). The van der Waals surface area contributed by atoms with Crippen molar-refractivity contribution in [2.45, 2.75) is 20.3 Å². The van der Waals surface area contributed by atoms with Crippen molar-refractivity contribution >= 4 is 29.2 Å². The number of benzene rings is 1. The summed E-state index contributed by atoms with van der Waals surface area (Å²) in [7, 11) is 0.